The average molecular weight is 246 g/mol. The maximum Gasteiger partial charge on any atom is 0.0823 e. The molecule has 96 valence electrons. The van der Waals surface area contributed by atoms with Gasteiger partial charge in [-0.25, -0.2) is 0 Å². The number of thioether (sulfide) groups is 1. The predicted molar refractivity (Wildman–Crippen MR) is 72.1 cm³/mol. The summed E-state index contributed by atoms with van der Waals surface area (Å²) in [7, 11) is 0. The molecule has 1 aliphatic rings. The maximum atomic E-state index is 5.71. The Labute approximate surface area is 104 Å². The lowest BCUT2D eigenvalue weighted by Crippen LogP contribution is -2.39. The Morgan fingerprint density at radius 2 is 2.19 bits per heavy atom. The Balaban J connectivity index is 2.36. The fourth-order valence-corrected chi connectivity index (χ4v) is 3.10. The fourth-order valence-electron chi connectivity index (χ4n) is 1.96. The second kappa shape index (κ2) is 6.84. The van der Waals surface area contributed by atoms with E-state index in [1.54, 1.807) is 0 Å². The molecule has 1 saturated heterocycles. The van der Waals surface area contributed by atoms with Crippen molar-refractivity contribution in [3.8, 4) is 0 Å². The van der Waals surface area contributed by atoms with Crippen LogP contribution in [0, 0.1) is 0 Å². The summed E-state index contributed by atoms with van der Waals surface area (Å²) in [5.74, 6) is 1.22. The van der Waals surface area contributed by atoms with E-state index in [0.29, 0.717) is 11.3 Å². The second-order valence-corrected chi connectivity index (χ2v) is 6.77. The molecule has 1 unspecified atom stereocenters. The minimum absolute atomic E-state index is 0.205. The van der Waals surface area contributed by atoms with Crippen LogP contribution >= 0.6 is 11.8 Å². The number of hydrogen-bond acceptors (Lipinski definition) is 4. The fraction of sp³-hybridized carbons (Fsp3) is 1.00. The van der Waals surface area contributed by atoms with Crippen LogP contribution in [0.4, 0.5) is 0 Å². The van der Waals surface area contributed by atoms with Crippen molar-refractivity contribution >= 4 is 11.8 Å². The Morgan fingerprint density at radius 1 is 1.44 bits per heavy atom. The van der Waals surface area contributed by atoms with E-state index < -0.39 is 0 Å². The summed E-state index contributed by atoms with van der Waals surface area (Å²) < 4.78 is 6.04. The average Bonchev–Trinajstić information content (AvgIpc) is 2.40. The summed E-state index contributed by atoms with van der Waals surface area (Å²) in [6, 6.07) is 0. The summed E-state index contributed by atoms with van der Waals surface area (Å²) in [5, 5.41) is 0. The van der Waals surface area contributed by atoms with Crippen molar-refractivity contribution in [2.45, 2.75) is 38.0 Å². The number of rotatable bonds is 5. The van der Waals surface area contributed by atoms with Crippen LogP contribution in [0.15, 0.2) is 0 Å². The molecule has 0 amide bonds. The van der Waals surface area contributed by atoms with Gasteiger partial charge in [-0.15, -0.1) is 0 Å². The first kappa shape index (κ1) is 14.3. The highest BCUT2D eigenvalue weighted by Gasteiger charge is 2.24. The molecule has 1 heterocycles. The van der Waals surface area contributed by atoms with Gasteiger partial charge in [0.25, 0.3) is 0 Å². The maximum absolute atomic E-state index is 5.71. The highest BCUT2D eigenvalue weighted by atomic mass is 32.2. The van der Waals surface area contributed by atoms with Gasteiger partial charge in [-0.3, -0.25) is 4.90 Å². The molecule has 0 aromatic carbocycles. The number of hydrogen-bond donors (Lipinski definition) is 1. The summed E-state index contributed by atoms with van der Waals surface area (Å²) in [6.45, 7) is 11.4. The third-order valence-electron chi connectivity index (χ3n) is 3.06. The molecule has 16 heavy (non-hydrogen) atoms. The van der Waals surface area contributed by atoms with Crippen molar-refractivity contribution in [2.24, 2.45) is 5.73 Å². The SMILES string of the molecule is CCOC(CN)CN1CCSC(C)(C)CC1. The lowest BCUT2D eigenvalue weighted by Gasteiger charge is -2.26. The number of nitrogens with two attached hydrogens (primary N) is 1. The van der Waals surface area contributed by atoms with Gasteiger partial charge >= 0.3 is 0 Å². The zero-order chi connectivity index (χ0) is 12.0. The van der Waals surface area contributed by atoms with Gasteiger partial charge in [0.1, 0.15) is 0 Å². The van der Waals surface area contributed by atoms with Crippen molar-refractivity contribution in [2.75, 3.05) is 38.5 Å². The zero-order valence-corrected chi connectivity index (χ0v) is 11.7. The van der Waals surface area contributed by atoms with Crippen molar-refractivity contribution in [3.63, 3.8) is 0 Å². The van der Waals surface area contributed by atoms with E-state index in [0.717, 1.165) is 19.7 Å². The van der Waals surface area contributed by atoms with E-state index in [1.807, 2.05) is 6.92 Å². The van der Waals surface area contributed by atoms with Crippen molar-refractivity contribution in [1.29, 1.82) is 0 Å². The van der Waals surface area contributed by atoms with E-state index in [1.165, 1.54) is 18.7 Å². The molecule has 0 aromatic rings. The molecule has 2 N–H and O–H groups in total. The molecule has 0 aromatic heterocycles. The van der Waals surface area contributed by atoms with E-state index in [-0.39, 0.29) is 6.10 Å². The minimum Gasteiger partial charge on any atom is -0.376 e. The largest absolute Gasteiger partial charge is 0.376 e. The lowest BCUT2D eigenvalue weighted by atomic mass is 10.1. The van der Waals surface area contributed by atoms with Crippen LogP contribution in [0.5, 0.6) is 0 Å². The molecular formula is C12H26N2OS. The first-order valence-corrected chi connectivity index (χ1v) is 7.24. The number of nitrogens with zero attached hydrogens (tertiary/aromatic N) is 1. The van der Waals surface area contributed by atoms with Crippen LogP contribution in [0.25, 0.3) is 0 Å². The van der Waals surface area contributed by atoms with Gasteiger partial charge in [-0.1, -0.05) is 13.8 Å². The molecule has 1 fully saturated rings. The molecular weight excluding hydrogens is 220 g/mol. The minimum atomic E-state index is 0.205. The topological polar surface area (TPSA) is 38.5 Å². The lowest BCUT2D eigenvalue weighted by molar-refractivity contribution is 0.0405. The zero-order valence-electron chi connectivity index (χ0n) is 10.9. The van der Waals surface area contributed by atoms with E-state index in [2.05, 4.69) is 30.5 Å². The van der Waals surface area contributed by atoms with E-state index >= 15 is 0 Å². The van der Waals surface area contributed by atoms with Gasteiger partial charge in [0.2, 0.25) is 0 Å². The molecule has 0 bridgehead atoms. The van der Waals surface area contributed by atoms with Gasteiger partial charge in [0, 0.05) is 36.7 Å². The first-order valence-electron chi connectivity index (χ1n) is 6.25. The standard InChI is InChI=1S/C12H26N2OS/c1-4-15-11(9-13)10-14-6-5-12(2,3)16-8-7-14/h11H,4-10,13H2,1-3H3. The Hall–Kier alpha value is 0.230. The quantitative estimate of drug-likeness (QED) is 0.799. The van der Waals surface area contributed by atoms with Crippen LogP contribution in [0.1, 0.15) is 27.2 Å². The van der Waals surface area contributed by atoms with Gasteiger partial charge in [0.15, 0.2) is 0 Å². The van der Waals surface area contributed by atoms with Crippen molar-refractivity contribution in [3.05, 3.63) is 0 Å². The number of ether oxygens (including phenoxy) is 1. The highest BCUT2D eigenvalue weighted by molar-refractivity contribution is 8.00. The van der Waals surface area contributed by atoms with E-state index in [4.69, 9.17) is 10.5 Å². The third-order valence-corrected chi connectivity index (χ3v) is 4.43. The third kappa shape index (κ3) is 5.04. The highest BCUT2D eigenvalue weighted by Crippen LogP contribution is 2.30. The normalized spacial score (nSPS) is 24.0. The molecule has 1 aliphatic heterocycles. The Kier molecular flexibility index (Phi) is 6.11. The van der Waals surface area contributed by atoms with Crippen LogP contribution in [0.3, 0.4) is 0 Å². The summed E-state index contributed by atoms with van der Waals surface area (Å²) in [4.78, 5) is 2.49. The molecule has 0 spiro atoms. The molecule has 0 saturated carbocycles. The Bertz CT molecular complexity index is 199. The van der Waals surface area contributed by atoms with Crippen LogP contribution in [-0.4, -0.2) is 54.3 Å². The molecule has 0 radical (unpaired) electrons. The van der Waals surface area contributed by atoms with Crippen LogP contribution in [0.2, 0.25) is 0 Å². The molecule has 1 atom stereocenters. The van der Waals surface area contributed by atoms with Crippen LogP contribution < -0.4 is 5.73 Å². The smallest absolute Gasteiger partial charge is 0.0823 e. The summed E-state index contributed by atoms with van der Waals surface area (Å²) >= 11 is 2.08. The second-order valence-electron chi connectivity index (χ2n) is 4.97. The van der Waals surface area contributed by atoms with Crippen LogP contribution in [-0.2, 0) is 4.74 Å². The van der Waals surface area contributed by atoms with E-state index in [9.17, 15) is 0 Å². The van der Waals surface area contributed by atoms with Crippen molar-refractivity contribution in [1.82, 2.24) is 4.90 Å². The molecule has 4 heteroatoms. The first-order chi connectivity index (χ1) is 7.57. The predicted octanol–water partition coefficient (Wildman–Crippen LogP) is 1.57. The van der Waals surface area contributed by atoms with Gasteiger partial charge in [-0.05, 0) is 19.9 Å². The van der Waals surface area contributed by atoms with Gasteiger partial charge in [0.05, 0.1) is 6.10 Å². The molecule has 0 aliphatic carbocycles. The van der Waals surface area contributed by atoms with Crippen molar-refractivity contribution < 1.29 is 4.74 Å². The molecule has 1 rings (SSSR count). The van der Waals surface area contributed by atoms with Gasteiger partial charge < -0.3 is 10.5 Å². The monoisotopic (exact) mass is 246 g/mol. The van der Waals surface area contributed by atoms with Gasteiger partial charge in [-0.2, -0.15) is 11.8 Å². The summed E-state index contributed by atoms with van der Waals surface area (Å²) in [5.41, 5.74) is 5.71. The molecule has 3 nitrogen and oxygen atoms in total. The Morgan fingerprint density at radius 3 is 2.81 bits per heavy atom. The summed E-state index contributed by atoms with van der Waals surface area (Å²) in [6.07, 6.45) is 1.46.